The molecule has 13 heteroatoms. The first-order valence-corrected chi connectivity index (χ1v) is 7.74. The Labute approximate surface area is 107 Å². The number of hydrogen-bond donors (Lipinski definition) is 3. The molecule has 0 aliphatic heterocycles. The van der Waals surface area contributed by atoms with E-state index in [1.54, 1.807) is 13.8 Å². The third-order valence-corrected chi connectivity index (χ3v) is 2.62. The van der Waals surface area contributed by atoms with Crippen LogP contribution >= 0.6 is 15.6 Å². The van der Waals surface area contributed by atoms with E-state index in [1.165, 1.54) is 0 Å². The van der Waals surface area contributed by atoms with Gasteiger partial charge in [-0.25, -0.2) is 9.13 Å². The molecule has 0 fully saturated rings. The lowest BCUT2D eigenvalue weighted by atomic mass is 10.7. The zero-order valence-corrected chi connectivity index (χ0v) is 11.8. The van der Waals surface area contributed by atoms with Gasteiger partial charge in [-0.2, -0.15) is 13.2 Å². The van der Waals surface area contributed by atoms with Crippen LogP contribution in [0.5, 0.6) is 0 Å². The van der Waals surface area contributed by atoms with E-state index in [-0.39, 0.29) is 13.2 Å². The summed E-state index contributed by atoms with van der Waals surface area (Å²) in [6, 6.07) is 0. The third kappa shape index (κ3) is 20.5. The van der Waals surface area contributed by atoms with Crippen molar-refractivity contribution in [3.8, 4) is 0 Å². The molecule has 0 bridgehead atoms. The van der Waals surface area contributed by atoms with Crippen LogP contribution in [0.3, 0.4) is 0 Å². The molecule has 0 aromatic rings. The highest BCUT2D eigenvalue weighted by Crippen LogP contribution is 2.42. The van der Waals surface area contributed by atoms with Gasteiger partial charge in [0.15, 0.2) is 6.61 Å². The lowest BCUT2D eigenvalue weighted by molar-refractivity contribution is -0.156. The number of phosphoric ester groups is 2. The Kier molecular flexibility index (Phi) is 10.1. The third-order valence-electron chi connectivity index (χ3n) is 0.981. The van der Waals surface area contributed by atoms with Gasteiger partial charge in [0.1, 0.15) is 0 Å². The van der Waals surface area contributed by atoms with Crippen LogP contribution in [0.1, 0.15) is 13.8 Å². The van der Waals surface area contributed by atoms with Crippen LogP contribution in [0.4, 0.5) is 13.2 Å². The lowest BCUT2D eigenvalue weighted by Crippen LogP contribution is -2.15. The van der Waals surface area contributed by atoms with E-state index < -0.39 is 28.4 Å². The molecular formula is C6H15F3O8P2. The molecule has 0 aliphatic rings. The molecule has 118 valence electrons. The first kappa shape index (κ1) is 21.3. The standard InChI is InChI=1S/C4H11O4P.C2H4F3O4P/c1-3-7-9(5,6)8-4-2;3-2(4,5)1-9-10(6,7)8/h3-4H2,1-2H3,(H,5,6);1H2,(H2,6,7,8). The number of phosphoric acid groups is 2. The minimum atomic E-state index is -4.98. The molecule has 0 spiro atoms. The first-order valence-electron chi connectivity index (χ1n) is 4.71. The SMILES string of the molecule is CCOP(=O)(O)OCC.O=P(O)(O)OCC(F)(F)F. The summed E-state index contributed by atoms with van der Waals surface area (Å²) in [5.74, 6) is 0. The van der Waals surface area contributed by atoms with Crippen molar-refractivity contribution in [1.82, 2.24) is 0 Å². The highest BCUT2D eigenvalue weighted by atomic mass is 31.2. The van der Waals surface area contributed by atoms with Crippen LogP contribution in [0.15, 0.2) is 0 Å². The van der Waals surface area contributed by atoms with E-state index in [9.17, 15) is 22.3 Å². The van der Waals surface area contributed by atoms with Crippen LogP contribution < -0.4 is 0 Å². The predicted molar refractivity (Wildman–Crippen MR) is 57.1 cm³/mol. The fraction of sp³-hybridized carbons (Fsp3) is 1.00. The van der Waals surface area contributed by atoms with Gasteiger partial charge >= 0.3 is 21.8 Å². The average Bonchev–Trinajstić information content (AvgIpc) is 2.13. The molecule has 0 heterocycles. The molecule has 0 rings (SSSR count). The van der Waals surface area contributed by atoms with E-state index in [1.807, 2.05) is 0 Å². The van der Waals surface area contributed by atoms with E-state index >= 15 is 0 Å². The van der Waals surface area contributed by atoms with E-state index in [2.05, 4.69) is 13.6 Å². The first-order chi connectivity index (χ1) is 8.33. The molecular weight excluding hydrogens is 319 g/mol. The van der Waals surface area contributed by atoms with Crippen molar-refractivity contribution >= 4 is 15.6 Å². The van der Waals surface area contributed by atoms with Crippen molar-refractivity contribution < 1.29 is 50.6 Å². The summed E-state index contributed by atoms with van der Waals surface area (Å²) in [5.41, 5.74) is 0. The largest absolute Gasteiger partial charge is 0.472 e. The molecule has 0 radical (unpaired) electrons. The predicted octanol–water partition coefficient (Wildman–Crippen LogP) is 1.82. The average molecular weight is 334 g/mol. The van der Waals surface area contributed by atoms with Gasteiger partial charge in [-0.3, -0.25) is 13.6 Å². The maximum Gasteiger partial charge on any atom is 0.472 e. The Morgan fingerprint density at radius 3 is 1.47 bits per heavy atom. The molecule has 0 atom stereocenters. The molecule has 0 unspecified atom stereocenters. The molecule has 0 amide bonds. The molecule has 0 aromatic carbocycles. The van der Waals surface area contributed by atoms with Gasteiger partial charge in [-0.05, 0) is 13.8 Å². The number of rotatable bonds is 6. The van der Waals surface area contributed by atoms with Gasteiger partial charge in [0.05, 0.1) is 13.2 Å². The number of halogens is 3. The highest BCUT2D eigenvalue weighted by molar-refractivity contribution is 7.47. The van der Waals surface area contributed by atoms with Crippen molar-refractivity contribution in [2.45, 2.75) is 20.0 Å². The van der Waals surface area contributed by atoms with Gasteiger partial charge in [-0.15, -0.1) is 0 Å². The molecule has 0 saturated carbocycles. The van der Waals surface area contributed by atoms with Gasteiger partial charge in [0, 0.05) is 0 Å². The van der Waals surface area contributed by atoms with Crippen molar-refractivity contribution in [3.63, 3.8) is 0 Å². The summed E-state index contributed by atoms with van der Waals surface area (Å²) in [4.78, 5) is 24.2. The highest BCUT2D eigenvalue weighted by Gasteiger charge is 2.31. The van der Waals surface area contributed by atoms with E-state index in [0.717, 1.165) is 0 Å². The smallest absolute Gasteiger partial charge is 0.303 e. The Hall–Kier alpha value is 0.01000. The fourth-order valence-electron chi connectivity index (χ4n) is 0.521. The van der Waals surface area contributed by atoms with Crippen LogP contribution in [-0.4, -0.2) is 40.7 Å². The van der Waals surface area contributed by atoms with Crippen molar-refractivity contribution in [2.75, 3.05) is 19.8 Å². The maximum atomic E-state index is 11.1. The summed E-state index contributed by atoms with van der Waals surface area (Å²) in [6.07, 6.45) is -4.71. The molecule has 0 saturated heterocycles. The molecule has 19 heavy (non-hydrogen) atoms. The topological polar surface area (TPSA) is 123 Å². The summed E-state index contributed by atoms with van der Waals surface area (Å²) in [7, 11) is -8.67. The molecule has 3 N–H and O–H groups in total. The van der Waals surface area contributed by atoms with Crippen LogP contribution in [0, 0.1) is 0 Å². The monoisotopic (exact) mass is 334 g/mol. The van der Waals surface area contributed by atoms with Gasteiger partial charge < -0.3 is 14.7 Å². The Bertz CT molecular complexity index is 317. The molecule has 0 aliphatic carbocycles. The molecule has 0 aromatic heterocycles. The van der Waals surface area contributed by atoms with Gasteiger partial charge in [-0.1, -0.05) is 0 Å². The van der Waals surface area contributed by atoms with Crippen molar-refractivity contribution in [2.24, 2.45) is 0 Å². The minimum absolute atomic E-state index is 0.188. The Morgan fingerprint density at radius 1 is 0.947 bits per heavy atom. The second-order valence-electron chi connectivity index (χ2n) is 2.68. The van der Waals surface area contributed by atoms with Crippen LogP contribution in [0.25, 0.3) is 0 Å². The van der Waals surface area contributed by atoms with Crippen molar-refractivity contribution in [3.05, 3.63) is 0 Å². The van der Waals surface area contributed by atoms with Gasteiger partial charge in [0.2, 0.25) is 0 Å². The molecule has 8 nitrogen and oxygen atoms in total. The van der Waals surface area contributed by atoms with Crippen molar-refractivity contribution in [1.29, 1.82) is 0 Å². The summed E-state index contributed by atoms with van der Waals surface area (Å²) >= 11 is 0. The van der Waals surface area contributed by atoms with Crippen LogP contribution in [-0.2, 0) is 22.7 Å². The minimum Gasteiger partial charge on any atom is -0.303 e. The quantitative estimate of drug-likeness (QED) is 0.629. The van der Waals surface area contributed by atoms with E-state index in [0.29, 0.717) is 0 Å². The van der Waals surface area contributed by atoms with Gasteiger partial charge in [0.25, 0.3) is 0 Å². The summed E-state index contributed by atoms with van der Waals surface area (Å²) in [6.45, 7) is 1.70. The maximum absolute atomic E-state index is 11.1. The van der Waals surface area contributed by atoms with Crippen LogP contribution in [0.2, 0.25) is 0 Å². The number of alkyl halides is 3. The normalized spacial score (nSPS) is 12.8. The second-order valence-corrected chi connectivity index (χ2v) is 5.38. The number of hydrogen-bond acceptors (Lipinski definition) is 5. The summed E-state index contributed by atoms with van der Waals surface area (Å²) < 4.78 is 65.4. The Morgan fingerprint density at radius 2 is 1.32 bits per heavy atom. The second kappa shape index (κ2) is 9.04. The van der Waals surface area contributed by atoms with E-state index in [4.69, 9.17) is 14.7 Å². The fourth-order valence-corrected chi connectivity index (χ4v) is 1.56. The zero-order valence-electron chi connectivity index (χ0n) is 10.0. The Balaban J connectivity index is 0. The summed E-state index contributed by atoms with van der Waals surface area (Å²) in [5, 5.41) is 0. The lowest BCUT2D eigenvalue weighted by Gasteiger charge is -2.07. The zero-order chi connectivity index (χ0) is 15.7.